The van der Waals surface area contributed by atoms with E-state index in [0.717, 1.165) is 24.3 Å². The van der Waals surface area contributed by atoms with Crippen LogP contribution in [0.4, 0.5) is 17.6 Å². The first-order valence-electron chi connectivity index (χ1n) is 7.11. The van der Waals surface area contributed by atoms with E-state index in [1.165, 1.54) is 24.3 Å². The molecule has 25 heavy (non-hydrogen) atoms. The summed E-state index contributed by atoms with van der Waals surface area (Å²) < 4.78 is 55.0. The van der Waals surface area contributed by atoms with E-state index in [-0.39, 0.29) is 12.1 Å². The van der Waals surface area contributed by atoms with Crippen LogP contribution in [0.5, 0.6) is 0 Å². The lowest BCUT2D eigenvalue weighted by atomic mass is 10.1. The maximum Gasteiger partial charge on any atom is 0.416 e. The molecule has 8 heteroatoms. The molecule has 2 aromatic rings. The van der Waals surface area contributed by atoms with E-state index < -0.39 is 36.0 Å². The Morgan fingerprint density at radius 1 is 1.04 bits per heavy atom. The Hall–Kier alpha value is -2.90. The Kier molecular flexibility index (Phi) is 5.74. The Morgan fingerprint density at radius 3 is 2.32 bits per heavy atom. The quantitative estimate of drug-likeness (QED) is 0.661. The minimum Gasteiger partial charge on any atom is -0.452 e. The monoisotopic (exact) mass is 355 g/mol. The Bertz CT molecular complexity index is 757. The summed E-state index contributed by atoms with van der Waals surface area (Å²) in [6.45, 7) is -0.607. The topological polar surface area (TPSA) is 55.4 Å². The maximum absolute atomic E-state index is 13.0. The average molecular weight is 355 g/mol. The van der Waals surface area contributed by atoms with Crippen LogP contribution >= 0.6 is 0 Å². The summed E-state index contributed by atoms with van der Waals surface area (Å²) in [4.78, 5) is 23.2. The van der Waals surface area contributed by atoms with E-state index in [2.05, 4.69) is 5.32 Å². The van der Waals surface area contributed by atoms with Gasteiger partial charge in [0.2, 0.25) is 0 Å². The third kappa shape index (κ3) is 5.59. The van der Waals surface area contributed by atoms with Gasteiger partial charge in [0.1, 0.15) is 5.82 Å². The molecule has 0 radical (unpaired) electrons. The van der Waals surface area contributed by atoms with Gasteiger partial charge in [-0.25, -0.2) is 9.18 Å². The Labute approximate surface area is 140 Å². The fourth-order valence-corrected chi connectivity index (χ4v) is 1.89. The molecule has 0 spiro atoms. The second kappa shape index (κ2) is 7.78. The molecule has 2 rings (SSSR count). The largest absolute Gasteiger partial charge is 0.452 e. The molecule has 4 nitrogen and oxygen atoms in total. The van der Waals surface area contributed by atoms with E-state index in [4.69, 9.17) is 4.74 Å². The van der Waals surface area contributed by atoms with Gasteiger partial charge in [-0.05, 0) is 35.9 Å². The first-order valence-corrected chi connectivity index (χ1v) is 7.11. The van der Waals surface area contributed by atoms with Crippen LogP contribution in [0.1, 0.15) is 21.5 Å². The van der Waals surface area contributed by atoms with Crippen LogP contribution < -0.4 is 5.32 Å². The Balaban J connectivity index is 1.80. The highest BCUT2D eigenvalue weighted by atomic mass is 19.4. The number of benzene rings is 2. The summed E-state index contributed by atoms with van der Waals surface area (Å²) >= 11 is 0. The van der Waals surface area contributed by atoms with Gasteiger partial charge >= 0.3 is 12.1 Å². The van der Waals surface area contributed by atoms with Crippen molar-refractivity contribution in [3.8, 4) is 0 Å². The van der Waals surface area contributed by atoms with Crippen molar-refractivity contribution < 1.29 is 31.9 Å². The molecular weight excluding hydrogens is 342 g/mol. The number of halogens is 4. The number of nitrogens with one attached hydrogen (secondary N) is 1. The fraction of sp³-hybridized carbons (Fsp3) is 0.176. The van der Waals surface area contributed by atoms with Crippen LogP contribution in [-0.2, 0) is 22.3 Å². The molecule has 0 aliphatic carbocycles. The van der Waals surface area contributed by atoms with Crippen LogP contribution in [0.25, 0.3) is 0 Å². The molecule has 0 heterocycles. The molecule has 1 amide bonds. The molecule has 1 N–H and O–H groups in total. The second-order valence-electron chi connectivity index (χ2n) is 5.06. The average Bonchev–Trinajstić information content (AvgIpc) is 2.57. The molecule has 132 valence electrons. The summed E-state index contributed by atoms with van der Waals surface area (Å²) in [6, 6.07) is 9.10. The number of amides is 1. The first-order chi connectivity index (χ1) is 11.8. The highest BCUT2D eigenvalue weighted by Gasteiger charge is 2.29. The van der Waals surface area contributed by atoms with Crippen molar-refractivity contribution in [3.05, 3.63) is 71.0 Å². The molecule has 0 atom stereocenters. The minimum absolute atomic E-state index is 0.0194. The van der Waals surface area contributed by atoms with E-state index in [1.54, 1.807) is 0 Å². The lowest BCUT2D eigenvalue weighted by Gasteiger charge is -2.09. The summed E-state index contributed by atoms with van der Waals surface area (Å²) in [5.41, 5.74) is -0.361. The number of esters is 1. The molecule has 2 aromatic carbocycles. The van der Waals surface area contributed by atoms with Gasteiger partial charge in [-0.1, -0.05) is 18.2 Å². The molecule has 0 aliphatic rings. The SMILES string of the molecule is O=C(COC(=O)c1cccc(F)c1)NCc1ccc(C(F)(F)F)cc1. The molecule has 0 fully saturated rings. The van der Waals surface area contributed by atoms with Crippen molar-refractivity contribution in [2.75, 3.05) is 6.61 Å². The van der Waals surface area contributed by atoms with Crippen LogP contribution in [0.15, 0.2) is 48.5 Å². The zero-order chi connectivity index (χ0) is 18.4. The van der Waals surface area contributed by atoms with Crippen LogP contribution in [0.2, 0.25) is 0 Å². The second-order valence-corrected chi connectivity index (χ2v) is 5.06. The van der Waals surface area contributed by atoms with Crippen molar-refractivity contribution in [2.45, 2.75) is 12.7 Å². The summed E-state index contributed by atoms with van der Waals surface area (Å²) in [6.07, 6.45) is -4.42. The van der Waals surface area contributed by atoms with Crippen LogP contribution in [0, 0.1) is 5.82 Å². The number of carbonyl (C=O) groups excluding carboxylic acids is 2. The van der Waals surface area contributed by atoms with Crippen molar-refractivity contribution in [3.63, 3.8) is 0 Å². The number of carbonyl (C=O) groups is 2. The molecular formula is C17H13F4NO3. The van der Waals surface area contributed by atoms with E-state index in [0.29, 0.717) is 5.56 Å². The van der Waals surface area contributed by atoms with Crippen molar-refractivity contribution >= 4 is 11.9 Å². The van der Waals surface area contributed by atoms with Crippen LogP contribution in [0.3, 0.4) is 0 Å². The van der Waals surface area contributed by atoms with Crippen molar-refractivity contribution in [1.82, 2.24) is 5.32 Å². The third-order valence-corrected chi connectivity index (χ3v) is 3.17. The molecule has 0 saturated carbocycles. The van der Waals surface area contributed by atoms with Gasteiger partial charge in [0.05, 0.1) is 11.1 Å². The summed E-state index contributed by atoms with van der Waals surface area (Å²) in [5, 5.41) is 2.40. The predicted molar refractivity (Wildman–Crippen MR) is 80.0 cm³/mol. The highest BCUT2D eigenvalue weighted by Crippen LogP contribution is 2.29. The van der Waals surface area contributed by atoms with Crippen molar-refractivity contribution in [2.24, 2.45) is 0 Å². The van der Waals surface area contributed by atoms with Gasteiger partial charge in [-0.15, -0.1) is 0 Å². The normalized spacial score (nSPS) is 11.0. The molecule has 0 aliphatic heterocycles. The summed E-state index contributed by atoms with van der Waals surface area (Å²) in [7, 11) is 0. The molecule has 0 aromatic heterocycles. The van der Waals surface area contributed by atoms with E-state index in [1.807, 2.05) is 0 Å². The Morgan fingerprint density at radius 2 is 1.72 bits per heavy atom. The maximum atomic E-state index is 13.0. The lowest BCUT2D eigenvalue weighted by Crippen LogP contribution is -2.28. The van der Waals surface area contributed by atoms with E-state index in [9.17, 15) is 27.2 Å². The van der Waals surface area contributed by atoms with Crippen LogP contribution in [-0.4, -0.2) is 18.5 Å². The smallest absolute Gasteiger partial charge is 0.416 e. The zero-order valence-electron chi connectivity index (χ0n) is 12.8. The fourth-order valence-electron chi connectivity index (χ4n) is 1.89. The van der Waals surface area contributed by atoms with Gasteiger partial charge in [-0.2, -0.15) is 13.2 Å². The summed E-state index contributed by atoms with van der Waals surface area (Å²) in [5.74, 6) is -2.10. The highest BCUT2D eigenvalue weighted by molar-refractivity contribution is 5.91. The van der Waals surface area contributed by atoms with Gasteiger partial charge in [0.25, 0.3) is 5.91 Å². The molecule has 0 unspecified atom stereocenters. The molecule has 0 bridgehead atoms. The number of rotatable bonds is 5. The van der Waals surface area contributed by atoms with E-state index >= 15 is 0 Å². The van der Waals surface area contributed by atoms with Crippen molar-refractivity contribution in [1.29, 1.82) is 0 Å². The third-order valence-electron chi connectivity index (χ3n) is 3.17. The van der Waals surface area contributed by atoms with Gasteiger partial charge < -0.3 is 10.1 Å². The predicted octanol–water partition coefficient (Wildman–Crippen LogP) is 3.32. The first kappa shape index (κ1) is 18.4. The zero-order valence-corrected chi connectivity index (χ0v) is 12.8. The molecule has 0 saturated heterocycles. The number of hydrogen-bond donors (Lipinski definition) is 1. The minimum atomic E-state index is -4.42. The number of hydrogen-bond acceptors (Lipinski definition) is 3. The van der Waals surface area contributed by atoms with Gasteiger partial charge in [-0.3, -0.25) is 4.79 Å². The lowest BCUT2D eigenvalue weighted by molar-refractivity contribution is -0.137. The van der Waals surface area contributed by atoms with Gasteiger partial charge in [0, 0.05) is 6.54 Å². The van der Waals surface area contributed by atoms with Gasteiger partial charge in [0.15, 0.2) is 6.61 Å². The number of alkyl halides is 3. The number of ether oxygens (including phenoxy) is 1. The standard InChI is InChI=1S/C17H13F4NO3/c18-14-3-1-2-12(8-14)16(24)25-10-15(23)22-9-11-4-6-13(7-5-11)17(19,20)21/h1-8H,9-10H2,(H,22,23).